The number of hydrogen-bond acceptors (Lipinski definition) is 3. The lowest BCUT2D eigenvalue weighted by Gasteiger charge is -2.59. The molecule has 0 aliphatic carbocycles. The van der Waals surface area contributed by atoms with Crippen molar-refractivity contribution in [1.82, 2.24) is 9.80 Å². The number of carbonyl (C=O) groups excluding carboxylic acids is 1. The number of aliphatic hydroxyl groups excluding tert-OH is 1. The number of benzene rings is 3. The van der Waals surface area contributed by atoms with Crippen molar-refractivity contribution in [2.24, 2.45) is 0 Å². The second kappa shape index (κ2) is 8.25. The molecule has 3 aromatic rings. The van der Waals surface area contributed by atoms with Gasteiger partial charge in [0, 0.05) is 24.6 Å². The summed E-state index contributed by atoms with van der Waals surface area (Å²) in [7, 11) is 0. The predicted octanol–water partition coefficient (Wildman–Crippen LogP) is 3.66. The van der Waals surface area contributed by atoms with E-state index in [4.69, 9.17) is 0 Å². The van der Waals surface area contributed by atoms with Crippen LogP contribution in [0.3, 0.4) is 0 Å². The van der Waals surface area contributed by atoms with Crippen LogP contribution in [0.25, 0.3) is 11.1 Å². The fraction of sp³-hybridized carbons (Fsp3) is 0.269. The highest BCUT2D eigenvalue weighted by atomic mass is 19.1. The van der Waals surface area contributed by atoms with Crippen LogP contribution in [0, 0.1) is 5.82 Å². The van der Waals surface area contributed by atoms with Crippen molar-refractivity contribution < 1.29 is 14.3 Å². The summed E-state index contributed by atoms with van der Waals surface area (Å²) < 4.78 is 14.1. The summed E-state index contributed by atoms with van der Waals surface area (Å²) in [6.45, 7) is 1.83. The third-order valence-electron chi connectivity index (χ3n) is 6.55. The number of fused-ring (bicyclic) bond motifs is 1. The van der Waals surface area contributed by atoms with Crippen LogP contribution >= 0.6 is 0 Å². The van der Waals surface area contributed by atoms with E-state index in [-0.39, 0.29) is 36.3 Å². The molecule has 3 atom stereocenters. The van der Waals surface area contributed by atoms with Gasteiger partial charge in [-0.3, -0.25) is 9.69 Å². The van der Waals surface area contributed by atoms with Crippen LogP contribution in [-0.4, -0.2) is 52.6 Å². The number of rotatable bonds is 5. The van der Waals surface area contributed by atoms with Gasteiger partial charge in [-0.2, -0.15) is 0 Å². The smallest absolute Gasteiger partial charge is 0.237 e. The molecule has 5 rings (SSSR count). The molecule has 2 aliphatic rings. The van der Waals surface area contributed by atoms with Crippen molar-refractivity contribution >= 4 is 5.91 Å². The lowest BCUT2D eigenvalue weighted by atomic mass is 9.73. The minimum atomic E-state index is -0.243. The van der Waals surface area contributed by atoms with Crippen LogP contribution in [0.1, 0.15) is 17.0 Å². The molecule has 2 aliphatic heterocycles. The molecule has 3 aromatic carbocycles. The van der Waals surface area contributed by atoms with Gasteiger partial charge in [-0.1, -0.05) is 72.8 Å². The minimum absolute atomic E-state index is 0.0430. The normalized spacial score (nSPS) is 23.4. The molecule has 2 heterocycles. The molecule has 31 heavy (non-hydrogen) atoms. The molecule has 158 valence electrons. The van der Waals surface area contributed by atoms with Crippen molar-refractivity contribution in [3.63, 3.8) is 0 Å². The average Bonchev–Trinajstić information content (AvgIpc) is 2.77. The van der Waals surface area contributed by atoms with Crippen LogP contribution in [-0.2, 0) is 11.3 Å². The van der Waals surface area contributed by atoms with Crippen molar-refractivity contribution in [2.45, 2.75) is 24.5 Å². The third kappa shape index (κ3) is 3.64. The second-order valence-corrected chi connectivity index (χ2v) is 8.40. The first-order chi connectivity index (χ1) is 15.2. The Balaban J connectivity index is 1.37. The largest absolute Gasteiger partial charge is 0.394 e. The van der Waals surface area contributed by atoms with E-state index in [9.17, 15) is 14.3 Å². The molecular formula is C26H25FN2O2. The minimum Gasteiger partial charge on any atom is -0.394 e. The average molecular weight is 416 g/mol. The van der Waals surface area contributed by atoms with Crippen LogP contribution < -0.4 is 0 Å². The molecule has 4 nitrogen and oxygen atoms in total. The Morgan fingerprint density at radius 1 is 0.935 bits per heavy atom. The van der Waals surface area contributed by atoms with E-state index in [2.05, 4.69) is 17.0 Å². The highest BCUT2D eigenvalue weighted by Gasteiger charge is 2.53. The number of nitrogens with zero attached hydrogens (tertiary/aromatic N) is 2. The maximum atomic E-state index is 14.1. The van der Waals surface area contributed by atoms with E-state index in [0.717, 1.165) is 24.2 Å². The number of amides is 1. The summed E-state index contributed by atoms with van der Waals surface area (Å²) in [4.78, 5) is 16.9. The molecule has 0 saturated carbocycles. The first-order valence-corrected chi connectivity index (χ1v) is 10.7. The monoisotopic (exact) mass is 416 g/mol. The van der Waals surface area contributed by atoms with E-state index in [1.165, 1.54) is 11.6 Å². The lowest BCUT2D eigenvalue weighted by molar-refractivity contribution is -0.162. The van der Waals surface area contributed by atoms with Crippen LogP contribution in [0.4, 0.5) is 4.39 Å². The third-order valence-corrected chi connectivity index (χ3v) is 6.55. The van der Waals surface area contributed by atoms with Crippen LogP contribution in [0.2, 0.25) is 0 Å². The highest BCUT2D eigenvalue weighted by Crippen LogP contribution is 2.43. The lowest BCUT2D eigenvalue weighted by Crippen LogP contribution is -2.72. The van der Waals surface area contributed by atoms with Gasteiger partial charge < -0.3 is 10.0 Å². The van der Waals surface area contributed by atoms with Crippen molar-refractivity contribution in [3.05, 3.63) is 95.8 Å². The van der Waals surface area contributed by atoms with Gasteiger partial charge in [0.2, 0.25) is 5.91 Å². The summed E-state index contributed by atoms with van der Waals surface area (Å²) in [5, 5.41) is 9.99. The first kappa shape index (κ1) is 19.9. The van der Waals surface area contributed by atoms with Crippen molar-refractivity contribution in [3.8, 4) is 11.1 Å². The zero-order valence-electron chi connectivity index (χ0n) is 17.2. The predicted molar refractivity (Wildman–Crippen MR) is 118 cm³/mol. The van der Waals surface area contributed by atoms with Gasteiger partial charge in [0.1, 0.15) is 5.82 Å². The van der Waals surface area contributed by atoms with Crippen molar-refractivity contribution in [2.75, 3.05) is 19.7 Å². The van der Waals surface area contributed by atoms with Crippen LogP contribution in [0.5, 0.6) is 0 Å². The van der Waals surface area contributed by atoms with Gasteiger partial charge >= 0.3 is 0 Å². The maximum absolute atomic E-state index is 14.1. The number of hydrogen-bond donors (Lipinski definition) is 1. The van der Waals surface area contributed by atoms with E-state index < -0.39 is 0 Å². The Labute approximate surface area is 181 Å². The van der Waals surface area contributed by atoms with Gasteiger partial charge in [0.25, 0.3) is 0 Å². The first-order valence-electron chi connectivity index (χ1n) is 10.7. The molecule has 0 radical (unpaired) electrons. The Kier molecular flexibility index (Phi) is 5.30. The zero-order valence-corrected chi connectivity index (χ0v) is 17.2. The molecule has 0 aromatic heterocycles. The number of carbonyl (C=O) groups is 1. The maximum Gasteiger partial charge on any atom is 0.237 e. The standard InChI is InChI=1S/C26H25FN2O2/c27-22-9-5-4-8-21(22)19-10-12-20(13-11-19)26-23-15-28(14-18-6-2-1-3-7-18)16-25(31)29(23)24(26)17-30/h1-13,23-24,26,30H,14-17H2/t23-,24+,26+/m1/s1. The molecule has 1 amide bonds. The van der Waals surface area contributed by atoms with Gasteiger partial charge in [0.05, 0.1) is 25.2 Å². The second-order valence-electron chi connectivity index (χ2n) is 8.40. The molecule has 0 unspecified atom stereocenters. The quantitative estimate of drug-likeness (QED) is 0.690. The fourth-order valence-electron chi connectivity index (χ4n) is 5.11. The van der Waals surface area contributed by atoms with Gasteiger partial charge in [-0.25, -0.2) is 4.39 Å². The fourth-order valence-corrected chi connectivity index (χ4v) is 5.11. The van der Waals surface area contributed by atoms with E-state index in [1.807, 2.05) is 53.4 Å². The van der Waals surface area contributed by atoms with E-state index in [0.29, 0.717) is 12.1 Å². The summed E-state index contributed by atoms with van der Waals surface area (Å²) in [6, 6.07) is 24.6. The van der Waals surface area contributed by atoms with Gasteiger partial charge in [0.15, 0.2) is 0 Å². The Bertz CT molecular complexity index is 1070. The van der Waals surface area contributed by atoms with Crippen molar-refractivity contribution in [1.29, 1.82) is 0 Å². The molecule has 5 heteroatoms. The Hall–Kier alpha value is -3.02. The number of aliphatic hydroxyl groups is 1. The molecular weight excluding hydrogens is 391 g/mol. The summed E-state index contributed by atoms with van der Waals surface area (Å²) in [5.41, 5.74) is 3.66. The summed E-state index contributed by atoms with van der Waals surface area (Å²) in [5.74, 6) is -0.0969. The van der Waals surface area contributed by atoms with Gasteiger partial charge in [-0.05, 0) is 22.8 Å². The van der Waals surface area contributed by atoms with E-state index >= 15 is 0 Å². The van der Waals surface area contributed by atoms with E-state index in [1.54, 1.807) is 12.1 Å². The summed E-state index contributed by atoms with van der Waals surface area (Å²) in [6.07, 6.45) is 0. The Morgan fingerprint density at radius 3 is 2.35 bits per heavy atom. The Morgan fingerprint density at radius 2 is 1.65 bits per heavy atom. The summed E-state index contributed by atoms with van der Waals surface area (Å²) >= 11 is 0. The molecule has 0 spiro atoms. The highest BCUT2D eigenvalue weighted by molar-refractivity contribution is 5.81. The number of piperazine rings is 1. The molecule has 2 saturated heterocycles. The molecule has 0 bridgehead atoms. The topological polar surface area (TPSA) is 43.8 Å². The van der Waals surface area contributed by atoms with Crippen LogP contribution in [0.15, 0.2) is 78.9 Å². The van der Waals surface area contributed by atoms with Gasteiger partial charge in [-0.15, -0.1) is 0 Å². The zero-order chi connectivity index (χ0) is 21.4. The molecule has 2 fully saturated rings. The molecule has 1 N–H and O–H groups in total. The number of halogens is 1. The SMILES string of the molecule is O=C1CN(Cc2ccccc2)C[C@@H]2[C@H](c3ccc(-c4ccccc4F)cc3)[C@H](CO)N12.